The average Bonchev–Trinajstić information content (AvgIpc) is 2.38. The van der Waals surface area contributed by atoms with Gasteiger partial charge in [0, 0.05) is 0 Å². The maximum absolute atomic E-state index is 9.24. The molecule has 0 spiro atoms. The van der Waals surface area contributed by atoms with Gasteiger partial charge in [-0.25, -0.2) is 0 Å². The Hall–Kier alpha value is -1.29. The third-order valence-electron chi connectivity index (χ3n) is 4.69. The van der Waals surface area contributed by atoms with Crippen molar-refractivity contribution in [3.8, 4) is 6.07 Å². The van der Waals surface area contributed by atoms with Crippen LogP contribution >= 0.6 is 0 Å². The topological polar surface area (TPSA) is 23.8 Å². The monoisotopic (exact) mass is 213 g/mol. The van der Waals surface area contributed by atoms with Crippen molar-refractivity contribution in [2.75, 3.05) is 0 Å². The van der Waals surface area contributed by atoms with Crippen LogP contribution in [-0.2, 0) is 10.8 Å². The standard InChI is InChI=1S/C15H19N/c1-10-14(2,3)12-8-6-7-11(9-16)13(12)15(10,4)5/h6-8,10H,1-5H3. The molecule has 16 heavy (non-hydrogen) atoms. The predicted octanol–water partition coefficient (Wildman–Crippen LogP) is 3.76. The van der Waals surface area contributed by atoms with E-state index in [0.29, 0.717) is 5.92 Å². The Balaban J connectivity index is 2.81. The highest BCUT2D eigenvalue weighted by atomic mass is 14.5. The minimum Gasteiger partial charge on any atom is -0.192 e. The lowest BCUT2D eigenvalue weighted by atomic mass is 9.71. The summed E-state index contributed by atoms with van der Waals surface area (Å²) in [5.41, 5.74) is 3.70. The molecule has 0 radical (unpaired) electrons. The molecule has 0 amide bonds. The second-order valence-electron chi connectivity index (χ2n) is 6.01. The van der Waals surface area contributed by atoms with E-state index in [1.807, 2.05) is 12.1 Å². The van der Waals surface area contributed by atoms with Gasteiger partial charge in [-0.1, -0.05) is 46.8 Å². The summed E-state index contributed by atoms with van der Waals surface area (Å²) in [7, 11) is 0. The first-order chi connectivity index (χ1) is 7.33. The number of nitrogens with zero attached hydrogens (tertiary/aromatic N) is 1. The van der Waals surface area contributed by atoms with Crippen LogP contribution in [0, 0.1) is 17.2 Å². The highest BCUT2D eigenvalue weighted by Crippen LogP contribution is 2.54. The maximum atomic E-state index is 9.24. The second-order valence-corrected chi connectivity index (χ2v) is 6.01. The predicted molar refractivity (Wildman–Crippen MR) is 66.4 cm³/mol. The lowest BCUT2D eigenvalue weighted by molar-refractivity contribution is 0.264. The fourth-order valence-corrected chi connectivity index (χ4v) is 3.23. The van der Waals surface area contributed by atoms with Gasteiger partial charge in [-0.2, -0.15) is 5.26 Å². The van der Waals surface area contributed by atoms with Crippen molar-refractivity contribution in [2.45, 2.75) is 45.4 Å². The molecule has 1 unspecified atom stereocenters. The molecular formula is C15H19N. The molecule has 0 aromatic heterocycles. The fraction of sp³-hybridized carbons (Fsp3) is 0.533. The van der Waals surface area contributed by atoms with E-state index in [0.717, 1.165) is 5.56 Å². The Bertz CT molecular complexity index is 475. The quantitative estimate of drug-likeness (QED) is 0.643. The lowest BCUT2D eigenvalue weighted by Crippen LogP contribution is -2.31. The molecule has 0 saturated carbocycles. The van der Waals surface area contributed by atoms with E-state index in [-0.39, 0.29) is 10.8 Å². The summed E-state index contributed by atoms with van der Waals surface area (Å²) in [6.45, 7) is 11.4. The molecule has 0 N–H and O–H groups in total. The van der Waals surface area contributed by atoms with Crippen LogP contribution in [0.2, 0.25) is 0 Å². The van der Waals surface area contributed by atoms with Crippen LogP contribution in [0.4, 0.5) is 0 Å². The zero-order chi connectivity index (χ0) is 12.1. The van der Waals surface area contributed by atoms with Gasteiger partial charge < -0.3 is 0 Å². The van der Waals surface area contributed by atoms with E-state index >= 15 is 0 Å². The number of hydrogen-bond acceptors (Lipinski definition) is 1. The molecule has 1 aliphatic rings. The Morgan fingerprint density at radius 1 is 1.12 bits per heavy atom. The summed E-state index contributed by atoms with van der Waals surface area (Å²) in [6, 6.07) is 8.47. The van der Waals surface area contributed by atoms with Gasteiger partial charge in [0.25, 0.3) is 0 Å². The van der Waals surface area contributed by atoms with Gasteiger partial charge in [0.1, 0.15) is 0 Å². The van der Waals surface area contributed by atoms with E-state index in [2.05, 4.69) is 46.8 Å². The molecule has 1 aromatic rings. The first-order valence-corrected chi connectivity index (χ1v) is 5.87. The van der Waals surface area contributed by atoms with Crippen molar-refractivity contribution in [1.82, 2.24) is 0 Å². The van der Waals surface area contributed by atoms with Gasteiger partial charge in [-0.3, -0.25) is 0 Å². The van der Waals surface area contributed by atoms with E-state index in [4.69, 9.17) is 0 Å². The van der Waals surface area contributed by atoms with Crippen LogP contribution in [-0.4, -0.2) is 0 Å². The summed E-state index contributed by atoms with van der Waals surface area (Å²) in [5.74, 6) is 0.546. The molecule has 0 aliphatic heterocycles. The van der Waals surface area contributed by atoms with Crippen LogP contribution in [0.1, 0.15) is 51.3 Å². The van der Waals surface area contributed by atoms with Crippen LogP contribution < -0.4 is 0 Å². The summed E-state index contributed by atoms with van der Waals surface area (Å²) in [4.78, 5) is 0. The van der Waals surface area contributed by atoms with Crippen molar-refractivity contribution in [3.63, 3.8) is 0 Å². The largest absolute Gasteiger partial charge is 0.192 e. The molecule has 1 nitrogen and oxygen atoms in total. The molecule has 0 bridgehead atoms. The van der Waals surface area contributed by atoms with Crippen molar-refractivity contribution in [2.24, 2.45) is 5.92 Å². The van der Waals surface area contributed by atoms with Crippen LogP contribution in [0.3, 0.4) is 0 Å². The molecule has 84 valence electrons. The van der Waals surface area contributed by atoms with Crippen LogP contribution in [0.5, 0.6) is 0 Å². The molecule has 1 aliphatic carbocycles. The molecule has 0 fully saturated rings. The molecular weight excluding hydrogens is 194 g/mol. The van der Waals surface area contributed by atoms with E-state index in [9.17, 15) is 5.26 Å². The molecule has 1 aromatic carbocycles. The highest BCUT2D eigenvalue weighted by Gasteiger charge is 2.49. The second kappa shape index (κ2) is 3.10. The summed E-state index contributed by atoms with van der Waals surface area (Å²) in [6.07, 6.45) is 0. The Kier molecular flexibility index (Phi) is 2.17. The van der Waals surface area contributed by atoms with Gasteiger partial charge in [-0.05, 0) is 33.9 Å². The Morgan fingerprint density at radius 2 is 1.75 bits per heavy atom. The average molecular weight is 213 g/mol. The van der Waals surface area contributed by atoms with Gasteiger partial charge in [0.05, 0.1) is 11.6 Å². The number of hydrogen-bond donors (Lipinski definition) is 0. The number of fused-ring (bicyclic) bond motifs is 1. The highest BCUT2D eigenvalue weighted by molar-refractivity contribution is 5.54. The summed E-state index contributed by atoms with van der Waals surface area (Å²) in [5, 5.41) is 9.24. The Labute approximate surface area is 98.1 Å². The zero-order valence-electron chi connectivity index (χ0n) is 10.8. The molecule has 1 heteroatoms. The van der Waals surface area contributed by atoms with Crippen molar-refractivity contribution < 1.29 is 0 Å². The SMILES string of the molecule is CC1C(C)(C)c2cccc(C#N)c2C1(C)C. The summed E-state index contributed by atoms with van der Waals surface area (Å²) < 4.78 is 0. The molecule has 2 rings (SSSR count). The third kappa shape index (κ3) is 1.16. The third-order valence-corrected chi connectivity index (χ3v) is 4.69. The molecule has 0 heterocycles. The number of rotatable bonds is 0. The van der Waals surface area contributed by atoms with Gasteiger partial charge in [0.15, 0.2) is 0 Å². The fourth-order valence-electron chi connectivity index (χ4n) is 3.23. The van der Waals surface area contributed by atoms with Crippen LogP contribution in [0.15, 0.2) is 18.2 Å². The van der Waals surface area contributed by atoms with Crippen molar-refractivity contribution in [3.05, 3.63) is 34.9 Å². The minimum absolute atomic E-state index is 0.0884. The Morgan fingerprint density at radius 3 is 2.31 bits per heavy atom. The normalized spacial score (nSPS) is 24.9. The van der Waals surface area contributed by atoms with Gasteiger partial charge in [-0.15, -0.1) is 0 Å². The number of nitriles is 1. The van der Waals surface area contributed by atoms with E-state index < -0.39 is 0 Å². The van der Waals surface area contributed by atoms with Crippen molar-refractivity contribution in [1.29, 1.82) is 5.26 Å². The molecule has 1 atom stereocenters. The van der Waals surface area contributed by atoms with Crippen molar-refractivity contribution >= 4 is 0 Å². The number of benzene rings is 1. The first-order valence-electron chi connectivity index (χ1n) is 5.87. The minimum atomic E-state index is 0.0884. The smallest absolute Gasteiger partial charge is 0.0994 e. The van der Waals surface area contributed by atoms with Gasteiger partial charge >= 0.3 is 0 Å². The zero-order valence-corrected chi connectivity index (χ0v) is 10.8. The summed E-state index contributed by atoms with van der Waals surface area (Å²) >= 11 is 0. The van der Waals surface area contributed by atoms with Gasteiger partial charge in [0.2, 0.25) is 0 Å². The van der Waals surface area contributed by atoms with Crippen LogP contribution in [0.25, 0.3) is 0 Å². The van der Waals surface area contributed by atoms with E-state index in [1.165, 1.54) is 11.1 Å². The first kappa shape index (κ1) is 11.2. The van der Waals surface area contributed by atoms with E-state index in [1.54, 1.807) is 0 Å². The molecule has 0 saturated heterocycles. The lowest BCUT2D eigenvalue weighted by Gasteiger charge is -2.32. The maximum Gasteiger partial charge on any atom is 0.0994 e.